The van der Waals surface area contributed by atoms with Crippen molar-refractivity contribution in [3.63, 3.8) is 0 Å². The largest absolute Gasteiger partial charge is 0.413 e. The lowest BCUT2D eigenvalue weighted by Crippen LogP contribution is -2.41. The first-order chi connectivity index (χ1) is 6.81. The molecule has 0 heterocycles. The summed E-state index contributed by atoms with van der Waals surface area (Å²) in [4.78, 5) is 0. The van der Waals surface area contributed by atoms with E-state index in [9.17, 15) is 17.6 Å². The van der Waals surface area contributed by atoms with Gasteiger partial charge in [0.15, 0.2) is 5.57 Å². The molecule has 0 aromatic rings. The normalized spacial score (nSPS) is 15.1. The van der Waals surface area contributed by atoms with Gasteiger partial charge in [-0.2, -0.15) is 13.2 Å². The Kier molecular flexibility index (Phi) is 9.64. The fourth-order valence-electron chi connectivity index (χ4n) is 0.613. The lowest BCUT2D eigenvalue weighted by molar-refractivity contribution is -0.200. The van der Waals surface area contributed by atoms with Gasteiger partial charge in [0.2, 0.25) is 0 Å². The summed E-state index contributed by atoms with van der Waals surface area (Å²) in [5.74, 6) is 0.287. The minimum Gasteiger partial charge on any atom is -0.319 e. The fraction of sp³-hybridized carbons (Fsp3) is 1.00. The molecule has 0 saturated carbocycles. The SMILES string of the molecule is CC.[B]C(F)(CCCSOC)C(F)(F)F. The maximum atomic E-state index is 12.6. The smallest absolute Gasteiger partial charge is 0.319 e. The van der Waals surface area contributed by atoms with E-state index in [0.717, 1.165) is 12.0 Å². The molecule has 0 saturated heterocycles. The van der Waals surface area contributed by atoms with Crippen LogP contribution >= 0.6 is 12.0 Å². The molecule has 0 aliphatic carbocycles. The maximum Gasteiger partial charge on any atom is 0.413 e. The standard InChI is InChI=1S/C6H9BF4OS.C2H6/c1-12-13-4-2-3-5(7,8)6(9,10)11;1-2/h2-4H2,1H3;1-2H3. The minimum atomic E-state index is -5.00. The first-order valence-corrected chi connectivity index (χ1v) is 5.42. The zero-order valence-electron chi connectivity index (χ0n) is 9.03. The summed E-state index contributed by atoms with van der Waals surface area (Å²) < 4.78 is 52.6. The van der Waals surface area contributed by atoms with Crippen molar-refractivity contribution in [2.45, 2.75) is 38.4 Å². The molecular weight excluding hydrogens is 231 g/mol. The van der Waals surface area contributed by atoms with Crippen LogP contribution in [0.25, 0.3) is 0 Å². The summed E-state index contributed by atoms with van der Waals surface area (Å²) in [6.07, 6.45) is -5.72. The van der Waals surface area contributed by atoms with Gasteiger partial charge in [0.05, 0.1) is 7.11 Å². The molecule has 0 spiro atoms. The van der Waals surface area contributed by atoms with E-state index in [4.69, 9.17) is 0 Å². The van der Waals surface area contributed by atoms with Crippen molar-refractivity contribution in [1.82, 2.24) is 0 Å². The summed E-state index contributed by atoms with van der Waals surface area (Å²) in [5.41, 5.74) is -3.58. The second-order valence-corrected chi connectivity index (χ2v) is 3.43. The third kappa shape index (κ3) is 7.96. The molecule has 0 fully saturated rings. The first-order valence-electron chi connectivity index (χ1n) is 4.51. The van der Waals surface area contributed by atoms with Crippen LogP contribution in [0.3, 0.4) is 0 Å². The van der Waals surface area contributed by atoms with Gasteiger partial charge in [0.1, 0.15) is 7.85 Å². The molecule has 0 aliphatic rings. The van der Waals surface area contributed by atoms with Crippen LogP contribution in [0, 0.1) is 0 Å². The van der Waals surface area contributed by atoms with Gasteiger partial charge in [-0.25, -0.2) is 4.39 Å². The Morgan fingerprint density at radius 3 is 2.00 bits per heavy atom. The van der Waals surface area contributed by atoms with E-state index in [2.05, 4.69) is 12.0 Å². The van der Waals surface area contributed by atoms with Crippen LogP contribution in [-0.2, 0) is 4.18 Å². The average Bonchev–Trinajstić information content (AvgIpc) is 2.14. The molecule has 0 amide bonds. The van der Waals surface area contributed by atoms with Crippen LogP contribution in [0.4, 0.5) is 17.6 Å². The summed E-state index contributed by atoms with van der Waals surface area (Å²) in [6, 6.07) is 0. The summed E-state index contributed by atoms with van der Waals surface area (Å²) in [5, 5.41) is 0. The van der Waals surface area contributed by atoms with E-state index in [1.807, 2.05) is 13.8 Å². The van der Waals surface area contributed by atoms with Crippen LogP contribution in [0.15, 0.2) is 0 Å². The van der Waals surface area contributed by atoms with Crippen molar-refractivity contribution in [2.75, 3.05) is 12.9 Å². The highest BCUT2D eigenvalue weighted by molar-refractivity contribution is 7.94. The summed E-state index contributed by atoms with van der Waals surface area (Å²) in [6.45, 7) is 4.00. The van der Waals surface area contributed by atoms with E-state index in [1.54, 1.807) is 0 Å². The van der Waals surface area contributed by atoms with Gasteiger partial charge in [-0.05, 0) is 24.9 Å². The minimum absolute atomic E-state index is 0.0189. The zero-order valence-corrected chi connectivity index (χ0v) is 9.84. The van der Waals surface area contributed by atoms with Crippen molar-refractivity contribution in [3.8, 4) is 0 Å². The van der Waals surface area contributed by atoms with E-state index >= 15 is 0 Å². The molecule has 15 heavy (non-hydrogen) atoms. The van der Waals surface area contributed by atoms with Gasteiger partial charge in [-0.1, -0.05) is 13.8 Å². The monoisotopic (exact) mass is 246 g/mol. The van der Waals surface area contributed by atoms with E-state index in [-0.39, 0.29) is 12.2 Å². The van der Waals surface area contributed by atoms with Crippen LogP contribution in [0.1, 0.15) is 26.7 Å². The van der Waals surface area contributed by atoms with Gasteiger partial charge in [0.25, 0.3) is 0 Å². The second kappa shape index (κ2) is 8.27. The van der Waals surface area contributed by atoms with Crippen molar-refractivity contribution < 1.29 is 21.7 Å². The fourth-order valence-corrected chi connectivity index (χ4v) is 1.04. The average molecular weight is 246 g/mol. The van der Waals surface area contributed by atoms with Gasteiger partial charge in [-0.3, -0.25) is 0 Å². The quantitative estimate of drug-likeness (QED) is 0.318. The molecule has 90 valence electrons. The van der Waals surface area contributed by atoms with Crippen LogP contribution in [0.2, 0.25) is 0 Å². The Morgan fingerprint density at radius 1 is 1.20 bits per heavy atom. The molecule has 0 aromatic heterocycles. The molecule has 0 rings (SSSR count). The number of hydrogen-bond donors (Lipinski definition) is 0. The Labute approximate surface area is 93.6 Å². The molecule has 1 atom stereocenters. The molecule has 7 heteroatoms. The molecule has 0 aromatic carbocycles. The van der Waals surface area contributed by atoms with Crippen LogP contribution < -0.4 is 0 Å². The van der Waals surface area contributed by atoms with Gasteiger partial charge >= 0.3 is 6.18 Å². The van der Waals surface area contributed by atoms with Gasteiger partial charge < -0.3 is 4.18 Å². The van der Waals surface area contributed by atoms with E-state index in [1.165, 1.54) is 7.11 Å². The zero-order chi connectivity index (χ0) is 12.5. The molecule has 2 radical (unpaired) electrons. The van der Waals surface area contributed by atoms with Gasteiger partial charge in [-0.15, -0.1) is 0 Å². The Bertz CT molecular complexity index is 152. The first kappa shape index (κ1) is 17.5. The van der Waals surface area contributed by atoms with E-state index in [0.29, 0.717) is 0 Å². The van der Waals surface area contributed by atoms with Crippen molar-refractivity contribution in [3.05, 3.63) is 0 Å². The topological polar surface area (TPSA) is 9.23 Å². The summed E-state index contributed by atoms with van der Waals surface area (Å²) >= 11 is 0.970. The summed E-state index contributed by atoms with van der Waals surface area (Å²) in [7, 11) is 5.82. The maximum absolute atomic E-state index is 12.6. The molecule has 0 bridgehead atoms. The van der Waals surface area contributed by atoms with Crippen molar-refractivity contribution in [1.29, 1.82) is 0 Å². The van der Waals surface area contributed by atoms with Crippen molar-refractivity contribution >= 4 is 19.9 Å². The number of hydrogen-bond acceptors (Lipinski definition) is 2. The van der Waals surface area contributed by atoms with E-state index < -0.39 is 18.2 Å². The molecular formula is C8H15BF4OS. The lowest BCUT2D eigenvalue weighted by atomic mass is 9.79. The second-order valence-electron chi connectivity index (χ2n) is 2.45. The Hall–Kier alpha value is 0.0949. The van der Waals surface area contributed by atoms with Crippen LogP contribution in [0.5, 0.6) is 0 Å². The lowest BCUT2D eigenvalue weighted by Gasteiger charge is -2.23. The highest BCUT2D eigenvalue weighted by Crippen LogP contribution is 2.35. The number of halogens is 4. The number of alkyl halides is 4. The van der Waals surface area contributed by atoms with Crippen LogP contribution in [-0.4, -0.2) is 32.5 Å². The predicted octanol–water partition coefficient (Wildman–Crippen LogP) is 3.48. The Balaban J connectivity index is 0. The molecule has 1 nitrogen and oxygen atoms in total. The molecule has 0 aliphatic heterocycles. The number of rotatable bonds is 5. The van der Waals surface area contributed by atoms with Gasteiger partial charge in [0, 0.05) is 5.75 Å². The highest BCUT2D eigenvalue weighted by atomic mass is 32.2. The highest BCUT2D eigenvalue weighted by Gasteiger charge is 2.50. The third-order valence-electron chi connectivity index (χ3n) is 1.36. The molecule has 1 unspecified atom stereocenters. The third-order valence-corrected chi connectivity index (χ3v) is 2.05. The predicted molar refractivity (Wildman–Crippen MR) is 55.7 cm³/mol. The van der Waals surface area contributed by atoms with Crippen molar-refractivity contribution in [2.24, 2.45) is 0 Å². The Morgan fingerprint density at radius 2 is 1.67 bits per heavy atom. The molecule has 0 N–H and O–H groups in total.